The average Bonchev–Trinajstić information content (AvgIpc) is 2.31. The van der Waals surface area contributed by atoms with Crippen LogP contribution < -0.4 is 0 Å². The third-order valence-electron chi connectivity index (χ3n) is 3.04. The highest BCUT2D eigenvalue weighted by molar-refractivity contribution is 5.78. The molecule has 1 aromatic carbocycles. The number of nitrogens with zero attached hydrogens (tertiary/aromatic N) is 1. The molecule has 1 heterocycles. The first-order valence-electron chi connectivity index (χ1n) is 6.22. The molecule has 4 heteroatoms. The molecule has 0 bridgehead atoms. The molecule has 0 aliphatic carbocycles. The number of morpholine rings is 1. The van der Waals surface area contributed by atoms with Gasteiger partial charge in [0.05, 0.1) is 18.6 Å². The molecule has 0 unspecified atom stereocenters. The summed E-state index contributed by atoms with van der Waals surface area (Å²) in [5, 5.41) is 0. The van der Waals surface area contributed by atoms with Crippen molar-refractivity contribution < 1.29 is 13.9 Å². The molecule has 0 radical (unpaired) electrons. The van der Waals surface area contributed by atoms with Crippen molar-refractivity contribution in [3.63, 3.8) is 0 Å². The number of benzene rings is 1. The molecule has 98 valence electrons. The van der Waals surface area contributed by atoms with Crippen LogP contribution in [0.5, 0.6) is 0 Å². The predicted molar refractivity (Wildman–Crippen MR) is 66.7 cm³/mol. The van der Waals surface area contributed by atoms with Gasteiger partial charge < -0.3 is 9.64 Å². The highest BCUT2D eigenvalue weighted by Crippen LogP contribution is 2.13. The molecule has 1 aromatic rings. The number of hydrogen-bond acceptors (Lipinski definition) is 2. The first kappa shape index (κ1) is 13.0. The number of amides is 1. The Hall–Kier alpha value is -1.42. The van der Waals surface area contributed by atoms with E-state index in [1.165, 1.54) is 12.1 Å². The second-order valence-corrected chi connectivity index (χ2v) is 4.86. The smallest absolute Gasteiger partial charge is 0.227 e. The number of ether oxygens (including phenoxy) is 1. The lowest BCUT2D eigenvalue weighted by atomic mass is 10.1. The van der Waals surface area contributed by atoms with E-state index in [1.807, 2.05) is 18.7 Å². The summed E-state index contributed by atoms with van der Waals surface area (Å²) >= 11 is 0. The first-order valence-corrected chi connectivity index (χ1v) is 6.22. The van der Waals surface area contributed by atoms with Crippen molar-refractivity contribution in [1.82, 2.24) is 4.90 Å². The van der Waals surface area contributed by atoms with E-state index in [-0.39, 0.29) is 23.9 Å². The Labute approximate surface area is 107 Å². The molecule has 1 fully saturated rings. The van der Waals surface area contributed by atoms with Crippen LogP contribution in [0, 0.1) is 5.82 Å². The van der Waals surface area contributed by atoms with Crippen molar-refractivity contribution in [2.75, 3.05) is 13.1 Å². The summed E-state index contributed by atoms with van der Waals surface area (Å²) in [5.74, 6) is -0.205. The van der Waals surface area contributed by atoms with E-state index >= 15 is 0 Å². The Morgan fingerprint density at radius 3 is 2.39 bits per heavy atom. The second kappa shape index (κ2) is 5.48. The monoisotopic (exact) mass is 251 g/mol. The Balaban J connectivity index is 1.97. The van der Waals surface area contributed by atoms with Crippen LogP contribution in [0.2, 0.25) is 0 Å². The molecule has 1 amide bonds. The molecule has 0 spiro atoms. The minimum atomic E-state index is -0.278. The van der Waals surface area contributed by atoms with Crippen LogP contribution >= 0.6 is 0 Å². The number of halogens is 1. The van der Waals surface area contributed by atoms with Crippen LogP contribution in [0.4, 0.5) is 4.39 Å². The van der Waals surface area contributed by atoms with E-state index in [0.29, 0.717) is 19.5 Å². The SMILES string of the molecule is C[C@@H]1CN(C(=O)Cc2ccc(F)cc2)C[C@@H](C)O1. The van der Waals surface area contributed by atoms with Gasteiger partial charge in [0.2, 0.25) is 5.91 Å². The van der Waals surface area contributed by atoms with Crippen LogP contribution in [-0.4, -0.2) is 36.1 Å². The Morgan fingerprint density at radius 1 is 1.28 bits per heavy atom. The van der Waals surface area contributed by atoms with Gasteiger partial charge in [-0.05, 0) is 31.5 Å². The molecule has 1 aliphatic rings. The number of rotatable bonds is 2. The van der Waals surface area contributed by atoms with E-state index in [4.69, 9.17) is 4.74 Å². The zero-order chi connectivity index (χ0) is 13.1. The van der Waals surface area contributed by atoms with E-state index in [1.54, 1.807) is 12.1 Å². The van der Waals surface area contributed by atoms with E-state index in [2.05, 4.69) is 0 Å². The van der Waals surface area contributed by atoms with Crippen LogP contribution in [0.1, 0.15) is 19.4 Å². The maximum Gasteiger partial charge on any atom is 0.227 e. The summed E-state index contributed by atoms with van der Waals surface area (Å²) in [6, 6.07) is 6.07. The number of hydrogen-bond donors (Lipinski definition) is 0. The fraction of sp³-hybridized carbons (Fsp3) is 0.500. The van der Waals surface area contributed by atoms with Crippen molar-refractivity contribution in [2.24, 2.45) is 0 Å². The average molecular weight is 251 g/mol. The fourth-order valence-corrected chi connectivity index (χ4v) is 2.27. The topological polar surface area (TPSA) is 29.5 Å². The van der Waals surface area contributed by atoms with Crippen molar-refractivity contribution >= 4 is 5.91 Å². The fourth-order valence-electron chi connectivity index (χ4n) is 2.27. The minimum absolute atomic E-state index is 0.0728. The van der Waals surface area contributed by atoms with E-state index in [9.17, 15) is 9.18 Å². The highest BCUT2D eigenvalue weighted by Gasteiger charge is 2.25. The minimum Gasteiger partial charge on any atom is -0.372 e. The summed E-state index contributed by atoms with van der Waals surface area (Å²) in [6.45, 7) is 5.19. The van der Waals surface area contributed by atoms with Crippen molar-refractivity contribution in [3.8, 4) is 0 Å². The Kier molecular flexibility index (Phi) is 3.97. The molecule has 0 N–H and O–H groups in total. The van der Waals surface area contributed by atoms with Crippen LogP contribution in [0.3, 0.4) is 0 Å². The van der Waals surface area contributed by atoms with Gasteiger partial charge in [-0.1, -0.05) is 12.1 Å². The molecule has 0 saturated carbocycles. The molecule has 3 nitrogen and oxygen atoms in total. The van der Waals surface area contributed by atoms with E-state index < -0.39 is 0 Å². The normalized spacial score (nSPS) is 24.1. The Bertz CT molecular complexity index is 408. The first-order chi connectivity index (χ1) is 8.54. The third kappa shape index (κ3) is 3.29. The molecule has 1 saturated heterocycles. The second-order valence-electron chi connectivity index (χ2n) is 4.86. The molecule has 2 atom stereocenters. The predicted octanol–water partition coefficient (Wildman–Crippen LogP) is 2.00. The standard InChI is InChI=1S/C14H18FNO2/c1-10-8-16(9-11(2)18-10)14(17)7-12-3-5-13(15)6-4-12/h3-6,10-11H,7-9H2,1-2H3/t10-,11-/m1/s1. The molecule has 18 heavy (non-hydrogen) atoms. The lowest BCUT2D eigenvalue weighted by molar-refractivity contribution is -0.142. The van der Waals surface area contributed by atoms with E-state index in [0.717, 1.165) is 5.56 Å². The molecule has 0 aromatic heterocycles. The van der Waals surface area contributed by atoms with Crippen molar-refractivity contribution in [1.29, 1.82) is 0 Å². The third-order valence-corrected chi connectivity index (χ3v) is 3.04. The summed E-state index contributed by atoms with van der Waals surface area (Å²) in [4.78, 5) is 13.9. The van der Waals surface area contributed by atoms with Gasteiger partial charge in [0.1, 0.15) is 5.82 Å². The van der Waals surface area contributed by atoms with Gasteiger partial charge in [-0.3, -0.25) is 4.79 Å². The van der Waals surface area contributed by atoms with Crippen LogP contribution in [0.25, 0.3) is 0 Å². The van der Waals surface area contributed by atoms with Gasteiger partial charge in [0.25, 0.3) is 0 Å². The highest BCUT2D eigenvalue weighted by atomic mass is 19.1. The van der Waals surface area contributed by atoms with Gasteiger partial charge in [0.15, 0.2) is 0 Å². The molecular formula is C14H18FNO2. The zero-order valence-corrected chi connectivity index (χ0v) is 10.7. The van der Waals surface area contributed by atoms with Crippen molar-refractivity contribution in [3.05, 3.63) is 35.6 Å². The summed E-state index contributed by atoms with van der Waals surface area (Å²) in [6.07, 6.45) is 0.469. The van der Waals surface area contributed by atoms with Crippen molar-refractivity contribution in [2.45, 2.75) is 32.5 Å². The largest absolute Gasteiger partial charge is 0.372 e. The number of carbonyl (C=O) groups is 1. The van der Waals surface area contributed by atoms with Crippen LogP contribution in [-0.2, 0) is 16.0 Å². The lowest BCUT2D eigenvalue weighted by Crippen LogP contribution is -2.48. The molecule has 2 rings (SSSR count). The van der Waals surface area contributed by atoms with Gasteiger partial charge in [-0.2, -0.15) is 0 Å². The van der Waals surface area contributed by atoms with Crippen LogP contribution in [0.15, 0.2) is 24.3 Å². The van der Waals surface area contributed by atoms with Gasteiger partial charge in [-0.15, -0.1) is 0 Å². The maximum absolute atomic E-state index is 12.8. The summed E-state index contributed by atoms with van der Waals surface area (Å²) in [5.41, 5.74) is 0.841. The quantitative estimate of drug-likeness (QED) is 0.804. The molecular weight excluding hydrogens is 233 g/mol. The van der Waals surface area contributed by atoms with Gasteiger partial charge in [-0.25, -0.2) is 4.39 Å². The molecule has 1 aliphatic heterocycles. The lowest BCUT2D eigenvalue weighted by Gasteiger charge is -2.35. The Morgan fingerprint density at radius 2 is 1.83 bits per heavy atom. The maximum atomic E-state index is 12.8. The number of carbonyl (C=O) groups excluding carboxylic acids is 1. The summed E-state index contributed by atoms with van der Waals surface area (Å²) < 4.78 is 18.4. The zero-order valence-electron chi connectivity index (χ0n) is 10.7. The van der Waals surface area contributed by atoms with Gasteiger partial charge in [0, 0.05) is 13.1 Å². The summed E-state index contributed by atoms with van der Waals surface area (Å²) in [7, 11) is 0. The van der Waals surface area contributed by atoms with Gasteiger partial charge >= 0.3 is 0 Å².